The molecular formula is C15H18N2O. The highest BCUT2D eigenvalue weighted by molar-refractivity contribution is 5.84. The van der Waals surface area contributed by atoms with Crippen LogP contribution >= 0.6 is 0 Å². The lowest BCUT2D eigenvalue weighted by molar-refractivity contribution is 0.110. The molecule has 0 bridgehead atoms. The fourth-order valence-corrected chi connectivity index (χ4v) is 2.49. The van der Waals surface area contributed by atoms with Crippen molar-refractivity contribution in [3.63, 3.8) is 0 Å². The normalized spacial score (nSPS) is 19.4. The Balaban J connectivity index is 1.66. The number of nitrogens with one attached hydrogen (secondary N) is 1. The van der Waals surface area contributed by atoms with Gasteiger partial charge in [-0.25, -0.2) is 0 Å². The van der Waals surface area contributed by atoms with E-state index in [4.69, 9.17) is 4.74 Å². The standard InChI is InChI=1S/C15H18N2O/c1-2-6-15-12(4-1)8-16-9-13(15)10-17-11-14-5-3-7-18-14/h1-2,4,6,8-9,14,17H,3,5,7,10-11H2. The number of hydrogen-bond acceptors (Lipinski definition) is 3. The second kappa shape index (κ2) is 5.46. The Morgan fingerprint density at radius 2 is 2.22 bits per heavy atom. The van der Waals surface area contributed by atoms with Crippen molar-refractivity contribution in [2.45, 2.75) is 25.5 Å². The van der Waals surface area contributed by atoms with Crippen LogP contribution in [0.15, 0.2) is 36.7 Å². The summed E-state index contributed by atoms with van der Waals surface area (Å²) < 4.78 is 5.60. The van der Waals surface area contributed by atoms with Crippen molar-refractivity contribution in [1.29, 1.82) is 0 Å². The van der Waals surface area contributed by atoms with Crippen LogP contribution in [0.2, 0.25) is 0 Å². The van der Waals surface area contributed by atoms with Gasteiger partial charge in [0.15, 0.2) is 0 Å². The summed E-state index contributed by atoms with van der Waals surface area (Å²) >= 11 is 0. The van der Waals surface area contributed by atoms with Gasteiger partial charge in [0, 0.05) is 37.5 Å². The quantitative estimate of drug-likeness (QED) is 0.894. The maximum Gasteiger partial charge on any atom is 0.0700 e. The van der Waals surface area contributed by atoms with Crippen LogP contribution in [0.3, 0.4) is 0 Å². The van der Waals surface area contributed by atoms with Crippen molar-refractivity contribution in [3.05, 3.63) is 42.2 Å². The topological polar surface area (TPSA) is 34.1 Å². The first-order valence-electron chi connectivity index (χ1n) is 6.57. The van der Waals surface area contributed by atoms with Crippen LogP contribution < -0.4 is 5.32 Å². The molecule has 1 aliphatic rings. The highest BCUT2D eigenvalue weighted by atomic mass is 16.5. The zero-order valence-electron chi connectivity index (χ0n) is 10.4. The minimum atomic E-state index is 0.396. The van der Waals surface area contributed by atoms with E-state index < -0.39 is 0 Å². The van der Waals surface area contributed by atoms with Crippen molar-refractivity contribution in [1.82, 2.24) is 10.3 Å². The van der Waals surface area contributed by atoms with Crippen molar-refractivity contribution in [2.75, 3.05) is 13.2 Å². The van der Waals surface area contributed by atoms with E-state index in [0.717, 1.165) is 19.7 Å². The second-order valence-corrected chi connectivity index (χ2v) is 4.79. The largest absolute Gasteiger partial charge is 0.377 e. The first-order chi connectivity index (χ1) is 8.93. The van der Waals surface area contributed by atoms with Gasteiger partial charge in [-0.1, -0.05) is 24.3 Å². The van der Waals surface area contributed by atoms with Gasteiger partial charge >= 0.3 is 0 Å². The molecule has 1 aliphatic heterocycles. The third-order valence-corrected chi connectivity index (χ3v) is 3.46. The Kier molecular flexibility index (Phi) is 3.53. The van der Waals surface area contributed by atoms with Crippen LogP contribution in [0, 0.1) is 0 Å². The molecule has 1 unspecified atom stereocenters. The summed E-state index contributed by atoms with van der Waals surface area (Å²) in [6.45, 7) is 2.71. The molecule has 1 N–H and O–H groups in total. The summed E-state index contributed by atoms with van der Waals surface area (Å²) in [5.74, 6) is 0. The molecule has 1 atom stereocenters. The molecule has 0 saturated carbocycles. The molecule has 1 fully saturated rings. The number of fused-ring (bicyclic) bond motifs is 1. The maximum absolute atomic E-state index is 5.60. The molecule has 2 aromatic rings. The number of ether oxygens (including phenoxy) is 1. The number of hydrogen-bond donors (Lipinski definition) is 1. The molecule has 18 heavy (non-hydrogen) atoms. The van der Waals surface area contributed by atoms with Gasteiger partial charge in [0.2, 0.25) is 0 Å². The van der Waals surface area contributed by atoms with Gasteiger partial charge in [-0.05, 0) is 23.8 Å². The van der Waals surface area contributed by atoms with Gasteiger partial charge in [0.05, 0.1) is 6.10 Å². The lowest BCUT2D eigenvalue weighted by Gasteiger charge is -2.11. The predicted molar refractivity (Wildman–Crippen MR) is 72.4 cm³/mol. The Labute approximate surface area is 107 Å². The molecule has 0 amide bonds. The lowest BCUT2D eigenvalue weighted by Crippen LogP contribution is -2.25. The fourth-order valence-electron chi connectivity index (χ4n) is 2.49. The van der Waals surface area contributed by atoms with Crippen LogP contribution in [0.5, 0.6) is 0 Å². The van der Waals surface area contributed by atoms with Crippen molar-refractivity contribution < 1.29 is 4.74 Å². The van der Waals surface area contributed by atoms with Crippen LogP contribution in [0.4, 0.5) is 0 Å². The van der Waals surface area contributed by atoms with Gasteiger partial charge < -0.3 is 10.1 Å². The molecule has 3 nitrogen and oxygen atoms in total. The third kappa shape index (κ3) is 2.52. The molecule has 1 saturated heterocycles. The van der Waals surface area contributed by atoms with Crippen molar-refractivity contribution in [3.8, 4) is 0 Å². The molecule has 0 aliphatic carbocycles. The van der Waals surface area contributed by atoms with Gasteiger partial charge in [0.25, 0.3) is 0 Å². The molecule has 94 valence electrons. The second-order valence-electron chi connectivity index (χ2n) is 4.79. The number of nitrogens with zero attached hydrogens (tertiary/aromatic N) is 1. The molecule has 0 radical (unpaired) electrons. The Bertz CT molecular complexity index is 515. The van der Waals surface area contributed by atoms with Gasteiger partial charge in [-0.2, -0.15) is 0 Å². The highest BCUT2D eigenvalue weighted by Gasteiger charge is 2.14. The molecule has 0 spiro atoms. The third-order valence-electron chi connectivity index (χ3n) is 3.46. The molecule has 1 aromatic carbocycles. The van der Waals surface area contributed by atoms with E-state index in [0.29, 0.717) is 6.10 Å². The monoisotopic (exact) mass is 242 g/mol. The van der Waals surface area contributed by atoms with Crippen LogP contribution in [0.1, 0.15) is 18.4 Å². The van der Waals surface area contributed by atoms with Gasteiger partial charge in [-0.15, -0.1) is 0 Å². The van der Waals surface area contributed by atoms with E-state index >= 15 is 0 Å². The first-order valence-corrected chi connectivity index (χ1v) is 6.57. The van der Waals surface area contributed by atoms with Crippen LogP contribution in [0.25, 0.3) is 10.8 Å². The zero-order valence-corrected chi connectivity index (χ0v) is 10.4. The summed E-state index contributed by atoms with van der Waals surface area (Å²) in [6.07, 6.45) is 6.64. The van der Waals surface area contributed by atoms with E-state index in [1.807, 2.05) is 18.5 Å². The molecular weight excluding hydrogens is 224 g/mol. The Morgan fingerprint density at radius 1 is 1.28 bits per heavy atom. The van der Waals surface area contributed by atoms with E-state index in [-0.39, 0.29) is 0 Å². The molecule has 1 aromatic heterocycles. The summed E-state index contributed by atoms with van der Waals surface area (Å²) in [7, 11) is 0. The first kappa shape index (κ1) is 11.6. The minimum Gasteiger partial charge on any atom is -0.377 e. The average molecular weight is 242 g/mol. The van der Waals surface area contributed by atoms with E-state index in [1.165, 1.54) is 29.2 Å². The van der Waals surface area contributed by atoms with E-state index in [9.17, 15) is 0 Å². The SMILES string of the molecule is c1ccc2c(CNCC3CCCO3)cncc2c1. The molecule has 3 rings (SSSR count). The average Bonchev–Trinajstić information content (AvgIpc) is 2.92. The number of aromatic nitrogens is 1. The summed E-state index contributed by atoms with van der Waals surface area (Å²) in [5.41, 5.74) is 1.26. The highest BCUT2D eigenvalue weighted by Crippen LogP contribution is 2.17. The van der Waals surface area contributed by atoms with E-state index in [1.54, 1.807) is 0 Å². The smallest absolute Gasteiger partial charge is 0.0700 e. The summed E-state index contributed by atoms with van der Waals surface area (Å²) in [6, 6.07) is 8.38. The van der Waals surface area contributed by atoms with Crippen molar-refractivity contribution >= 4 is 10.8 Å². The molecule has 2 heterocycles. The fraction of sp³-hybridized carbons (Fsp3) is 0.400. The van der Waals surface area contributed by atoms with Crippen LogP contribution in [-0.4, -0.2) is 24.2 Å². The predicted octanol–water partition coefficient (Wildman–Crippen LogP) is 2.50. The minimum absolute atomic E-state index is 0.396. The Morgan fingerprint density at radius 3 is 3.11 bits per heavy atom. The lowest BCUT2D eigenvalue weighted by atomic mass is 10.1. The van der Waals surface area contributed by atoms with Gasteiger partial charge in [0.1, 0.15) is 0 Å². The number of pyridine rings is 1. The van der Waals surface area contributed by atoms with E-state index in [2.05, 4.69) is 28.5 Å². The summed E-state index contributed by atoms with van der Waals surface area (Å²) in [5, 5.41) is 5.96. The maximum atomic E-state index is 5.60. The van der Waals surface area contributed by atoms with Crippen LogP contribution in [-0.2, 0) is 11.3 Å². The van der Waals surface area contributed by atoms with Gasteiger partial charge in [-0.3, -0.25) is 4.98 Å². The Hall–Kier alpha value is -1.45. The molecule has 3 heteroatoms. The zero-order chi connectivity index (χ0) is 12.2. The van der Waals surface area contributed by atoms with Crippen molar-refractivity contribution in [2.24, 2.45) is 0 Å². The summed E-state index contributed by atoms with van der Waals surface area (Å²) in [4.78, 5) is 4.29. The number of rotatable bonds is 4. The number of benzene rings is 1.